The highest BCUT2D eigenvalue weighted by molar-refractivity contribution is 7.96. The van der Waals surface area contributed by atoms with Crippen molar-refractivity contribution in [2.24, 2.45) is 5.14 Å². The van der Waals surface area contributed by atoms with Crippen LogP contribution in [0.15, 0.2) is 14.5 Å². The van der Waals surface area contributed by atoms with Crippen molar-refractivity contribution in [2.45, 2.75) is 38.1 Å². The summed E-state index contributed by atoms with van der Waals surface area (Å²) in [5, 5.41) is 64.4. The smallest absolute Gasteiger partial charge is 0.288 e. The maximum atomic E-state index is 12.5. The van der Waals surface area contributed by atoms with Crippen molar-refractivity contribution in [1.29, 1.82) is 0 Å². The molecule has 9 N–H and O–H groups in total. The Morgan fingerprint density at radius 1 is 1.32 bits per heavy atom. The third-order valence-corrected chi connectivity index (χ3v) is 9.03. The molecule has 15 heteroatoms. The number of nitrogens with one attached hydrogen (secondary N) is 1. The van der Waals surface area contributed by atoms with Crippen molar-refractivity contribution in [1.82, 2.24) is 5.32 Å². The van der Waals surface area contributed by atoms with Gasteiger partial charge in [0, 0.05) is 5.56 Å². The Hall–Kier alpha value is -0.720. The lowest BCUT2D eigenvalue weighted by molar-refractivity contribution is -0.312. The van der Waals surface area contributed by atoms with Crippen molar-refractivity contribution in [3.8, 4) is 0 Å². The fraction of sp³-hybridized carbons (Fsp3) is 0.600. The van der Waals surface area contributed by atoms with E-state index in [1.807, 2.05) is 0 Å². The quantitative estimate of drug-likeness (QED) is 0.218. The summed E-state index contributed by atoms with van der Waals surface area (Å²) in [6.45, 7) is -0.531. The molecule has 0 saturated carbocycles. The predicted octanol–water partition coefficient (Wildman–Crippen LogP) is -4.17. The van der Waals surface area contributed by atoms with Crippen LogP contribution in [-0.4, -0.2) is 70.7 Å². The van der Waals surface area contributed by atoms with E-state index in [0.717, 1.165) is 6.07 Å². The molecule has 2 rings (SSSR count). The molecule has 2 atom stereocenters. The fourth-order valence-corrected chi connectivity index (χ4v) is 6.65. The van der Waals surface area contributed by atoms with Gasteiger partial charge >= 0.3 is 0 Å². The number of primary sulfonamides is 1. The Labute approximate surface area is 145 Å². The van der Waals surface area contributed by atoms with Crippen LogP contribution >= 0.6 is 11.3 Å². The Morgan fingerprint density at radius 3 is 2.28 bits per heavy atom. The van der Waals surface area contributed by atoms with Gasteiger partial charge < -0.3 is 30.6 Å². The molecule has 0 fully saturated rings. The normalized spacial score (nSPS) is 28.6. The molecule has 0 aromatic carbocycles. The average Bonchev–Trinajstić information content (AvgIpc) is 2.81. The zero-order valence-electron chi connectivity index (χ0n) is 12.5. The molecule has 1 aliphatic rings. The lowest BCUT2D eigenvalue weighted by Crippen LogP contribution is -2.66. The first-order valence-corrected chi connectivity index (χ1v) is 10.3. The van der Waals surface area contributed by atoms with Crippen LogP contribution in [0, 0.1) is 0 Å². The van der Waals surface area contributed by atoms with Gasteiger partial charge in [0.1, 0.15) is 8.42 Å². The predicted molar refractivity (Wildman–Crippen MR) is 80.8 cm³/mol. The number of aliphatic hydroxyl groups is 6. The second kappa shape index (κ2) is 5.64. The lowest BCUT2D eigenvalue weighted by atomic mass is 9.95. The minimum Gasteiger partial charge on any atom is -0.370 e. The molecule has 0 bridgehead atoms. The van der Waals surface area contributed by atoms with E-state index >= 15 is 0 Å². The van der Waals surface area contributed by atoms with Gasteiger partial charge in [0.25, 0.3) is 5.97 Å². The third kappa shape index (κ3) is 3.21. The van der Waals surface area contributed by atoms with E-state index in [1.54, 1.807) is 0 Å². The number of fused-ring (bicyclic) bond motifs is 1. The van der Waals surface area contributed by atoms with Crippen molar-refractivity contribution in [2.75, 3.05) is 6.54 Å². The van der Waals surface area contributed by atoms with E-state index in [1.165, 1.54) is 0 Å². The molecule has 0 radical (unpaired) electrons. The monoisotopic (exact) mass is 420 g/mol. The maximum Gasteiger partial charge on any atom is 0.288 e. The Bertz CT molecular complexity index is 894. The van der Waals surface area contributed by atoms with Crippen LogP contribution in [0.3, 0.4) is 0 Å². The maximum absolute atomic E-state index is 12.5. The van der Waals surface area contributed by atoms with E-state index in [-0.39, 0.29) is 11.3 Å². The average molecular weight is 420 g/mol. The molecule has 1 aliphatic heterocycles. The third-order valence-electron chi connectivity index (χ3n) is 3.69. The number of nitrogens with two attached hydrogens (primary N) is 1. The summed E-state index contributed by atoms with van der Waals surface area (Å²) < 4.78 is 46.5. The van der Waals surface area contributed by atoms with Crippen molar-refractivity contribution >= 4 is 31.2 Å². The molecule has 12 nitrogen and oxygen atoms in total. The van der Waals surface area contributed by atoms with E-state index in [4.69, 9.17) is 20.5 Å². The number of hydrogen-bond donors (Lipinski definition) is 8. The van der Waals surface area contributed by atoms with Crippen molar-refractivity contribution in [3.63, 3.8) is 0 Å². The second-order valence-corrected chi connectivity index (χ2v) is 11.0. The first-order chi connectivity index (χ1) is 10.9. The lowest BCUT2D eigenvalue weighted by Gasteiger charge is -2.45. The number of thiophene rings is 1. The number of hydrogen-bond acceptors (Lipinski definition) is 12. The second-order valence-electron chi connectivity index (χ2n) is 5.65. The molecule has 1 aromatic heterocycles. The van der Waals surface area contributed by atoms with E-state index in [2.05, 4.69) is 5.32 Å². The topological polar surface area (TPSA) is 228 Å². The summed E-state index contributed by atoms with van der Waals surface area (Å²) in [6.07, 6.45) is 0. The highest BCUT2D eigenvalue weighted by atomic mass is 32.3. The molecular weight excluding hydrogens is 404 g/mol. The summed E-state index contributed by atoms with van der Waals surface area (Å²) in [5.74, 6) is -6.74. The van der Waals surface area contributed by atoms with Crippen LogP contribution in [0.5, 0.6) is 0 Å². The van der Waals surface area contributed by atoms with E-state index in [9.17, 15) is 32.2 Å². The van der Waals surface area contributed by atoms with Crippen LogP contribution in [0.1, 0.15) is 18.5 Å². The van der Waals surface area contributed by atoms with E-state index < -0.39 is 63.1 Å². The standard InChI is InChI=1S/C10H16N2O10S3/c1-8(13)10(17,18)6(12-3-9(14,15)16)4-2-5(25(11,21)22)23-7(4)24(8,19)20/h2,6,12-18H,3H2,1H3,(H2,11,21,22). The molecule has 0 amide bonds. The van der Waals surface area contributed by atoms with Crippen LogP contribution in [0.4, 0.5) is 0 Å². The Morgan fingerprint density at radius 2 is 1.84 bits per heavy atom. The minimum absolute atomic E-state index is 0.179. The summed E-state index contributed by atoms with van der Waals surface area (Å²) in [7, 11) is -9.18. The highest BCUT2D eigenvalue weighted by Crippen LogP contribution is 2.50. The van der Waals surface area contributed by atoms with Gasteiger partial charge in [0.2, 0.25) is 30.6 Å². The van der Waals surface area contributed by atoms with Crippen molar-refractivity contribution < 1.29 is 47.5 Å². The van der Waals surface area contributed by atoms with Gasteiger partial charge in [0.05, 0.1) is 12.6 Å². The van der Waals surface area contributed by atoms with Crippen molar-refractivity contribution in [3.05, 3.63) is 11.6 Å². The molecule has 2 unspecified atom stereocenters. The van der Waals surface area contributed by atoms with Gasteiger partial charge in [-0.3, -0.25) is 5.32 Å². The number of sulfone groups is 1. The zero-order chi connectivity index (χ0) is 19.6. The molecule has 0 aliphatic carbocycles. The van der Waals surface area contributed by atoms with Gasteiger partial charge in [-0.15, -0.1) is 11.3 Å². The molecule has 0 saturated heterocycles. The highest BCUT2D eigenvalue weighted by Gasteiger charge is 2.65. The Balaban J connectivity index is 2.74. The molecule has 0 spiro atoms. The first kappa shape index (κ1) is 20.6. The van der Waals surface area contributed by atoms with Crippen LogP contribution < -0.4 is 10.5 Å². The summed E-state index contributed by atoms with van der Waals surface area (Å²) in [4.78, 5) is -3.20. The summed E-state index contributed by atoms with van der Waals surface area (Å²) in [5.41, 5.74) is -0.491. The van der Waals surface area contributed by atoms with E-state index in [0.29, 0.717) is 6.92 Å². The largest absolute Gasteiger partial charge is 0.370 e. The zero-order valence-corrected chi connectivity index (χ0v) is 14.9. The summed E-state index contributed by atoms with van der Waals surface area (Å²) in [6, 6.07) is -1.17. The molecule has 1 aromatic rings. The fourth-order valence-electron chi connectivity index (χ4n) is 2.27. The van der Waals surface area contributed by atoms with Gasteiger partial charge in [0.15, 0.2) is 0 Å². The van der Waals surface area contributed by atoms with Crippen LogP contribution in [0.25, 0.3) is 0 Å². The molecular formula is C10H16N2O10S3. The van der Waals surface area contributed by atoms with Gasteiger partial charge in [-0.2, -0.15) is 0 Å². The number of rotatable bonds is 4. The van der Waals surface area contributed by atoms with Gasteiger partial charge in [-0.25, -0.2) is 22.0 Å². The first-order valence-electron chi connectivity index (χ1n) is 6.42. The van der Waals surface area contributed by atoms with Gasteiger partial charge in [-0.05, 0) is 13.0 Å². The molecule has 2 heterocycles. The SMILES string of the molecule is CC1(O)C(O)(O)C(NCC(O)(O)O)c2cc(S(N)(=O)=O)sc2S1(=O)=O. The van der Waals surface area contributed by atoms with Gasteiger partial charge in [-0.1, -0.05) is 0 Å². The summed E-state index contributed by atoms with van der Waals surface area (Å²) >= 11 is 0.179. The van der Waals surface area contributed by atoms with Crippen LogP contribution in [0.2, 0.25) is 0 Å². The molecule has 25 heavy (non-hydrogen) atoms. The number of sulfonamides is 1. The minimum atomic E-state index is -4.83. The molecule has 144 valence electrons. The Kier molecular flexibility index (Phi) is 4.64. The van der Waals surface area contributed by atoms with Crippen LogP contribution in [-0.2, 0) is 19.9 Å².